The first-order valence-corrected chi connectivity index (χ1v) is 5.82. The first-order chi connectivity index (χ1) is 8.29. The van der Waals surface area contributed by atoms with Crippen molar-refractivity contribution < 1.29 is 10.3 Å². The Kier molecular flexibility index (Phi) is 9.14. The molecule has 0 amide bonds. The third-order valence-corrected chi connectivity index (χ3v) is 2.28. The van der Waals surface area contributed by atoms with Gasteiger partial charge >= 0.3 is 0 Å². The van der Waals surface area contributed by atoms with Gasteiger partial charge in [0, 0.05) is 6.42 Å². The van der Waals surface area contributed by atoms with Crippen molar-refractivity contribution >= 4 is 5.78 Å². The molecule has 2 aromatic rings. The first kappa shape index (κ1) is 16.1. The van der Waals surface area contributed by atoms with Crippen molar-refractivity contribution in [2.45, 2.75) is 19.8 Å². The molecule has 0 saturated carbocycles. The Morgan fingerprint density at radius 3 is 1.61 bits per heavy atom. The van der Waals surface area contributed by atoms with E-state index < -0.39 is 0 Å². The number of Topliss-reactive ketones (excluding diaryl/α,β-unsaturated/α-hetero) is 1. The summed E-state index contributed by atoms with van der Waals surface area (Å²) in [6.07, 6.45) is 1.53. The number of benzene rings is 2. The molecule has 2 aromatic carbocycles. The average Bonchev–Trinajstić information content (AvgIpc) is 2.40. The highest BCUT2D eigenvalue weighted by Crippen LogP contribution is 2.01. The van der Waals surface area contributed by atoms with Gasteiger partial charge in [-0.2, -0.15) is 0 Å². The van der Waals surface area contributed by atoms with Gasteiger partial charge in [0.15, 0.2) is 0 Å². The lowest BCUT2D eigenvalue weighted by Crippen LogP contribution is -1.92. The van der Waals surface area contributed by atoms with E-state index in [1.807, 2.05) is 66.7 Å². The molecule has 0 heterocycles. The SMILES string of the molecule is CC(=O)CCc1ccccc1.O.c1ccccc1. The zero-order valence-corrected chi connectivity index (χ0v) is 10.7. The molecule has 0 radical (unpaired) electrons. The summed E-state index contributed by atoms with van der Waals surface area (Å²) in [6.45, 7) is 1.63. The fraction of sp³-hybridized carbons (Fsp3) is 0.188. The van der Waals surface area contributed by atoms with Gasteiger partial charge in [-0.1, -0.05) is 66.7 Å². The van der Waals surface area contributed by atoms with E-state index in [9.17, 15) is 4.79 Å². The van der Waals surface area contributed by atoms with Crippen LogP contribution in [0.4, 0.5) is 0 Å². The van der Waals surface area contributed by atoms with Crippen LogP contribution in [0.25, 0.3) is 0 Å². The van der Waals surface area contributed by atoms with Gasteiger partial charge in [-0.3, -0.25) is 0 Å². The molecule has 0 spiro atoms. The van der Waals surface area contributed by atoms with Gasteiger partial charge in [-0.05, 0) is 18.9 Å². The molecule has 0 bridgehead atoms. The summed E-state index contributed by atoms with van der Waals surface area (Å²) in [5.74, 6) is 0.258. The molecule has 0 aromatic heterocycles. The highest BCUT2D eigenvalue weighted by atomic mass is 16.1. The second kappa shape index (κ2) is 10.2. The monoisotopic (exact) mass is 244 g/mol. The normalized spacial score (nSPS) is 8.50. The lowest BCUT2D eigenvalue weighted by atomic mass is 10.1. The summed E-state index contributed by atoms with van der Waals surface area (Å²) >= 11 is 0. The molecule has 0 aliphatic rings. The second-order valence-electron chi connectivity index (χ2n) is 3.84. The van der Waals surface area contributed by atoms with Crippen molar-refractivity contribution in [2.24, 2.45) is 0 Å². The van der Waals surface area contributed by atoms with E-state index in [1.165, 1.54) is 5.56 Å². The maximum atomic E-state index is 10.6. The molecule has 2 heteroatoms. The van der Waals surface area contributed by atoms with E-state index in [0.717, 1.165) is 6.42 Å². The smallest absolute Gasteiger partial charge is 0.130 e. The number of hydrogen-bond donors (Lipinski definition) is 0. The molecule has 0 aliphatic carbocycles. The van der Waals surface area contributed by atoms with Gasteiger partial charge in [-0.15, -0.1) is 0 Å². The molecule has 0 unspecified atom stereocenters. The highest BCUT2D eigenvalue weighted by Gasteiger charge is 1.94. The van der Waals surface area contributed by atoms with Gasteiger partial charge < -0.3 is 10.3 Å². The largest absolute Gasteiger partial charge is 0.412 e. The number of ketones is 1. The molecule has 0 fully saturated rings. The van der Waals surface area contributed by atoms with Gasteiger partial charge in [0.1, 0.15) is 5.78 Å². The number of aryl methyl sites for hydroxylation is 1. The van der Waals surface area contributed by atoms with E-state index in [1.54, 1.807) is 6.92 Å². The van der Waals surface area contributed by atoms with Crippen LogP contribution in [0.3, 0.4) is 0 Å². The molecule has 2 rings (SSSR count). The van der Waals surface area contributed by atoms with Crippen LogP contribution in [0, 0.1) is 0 Å². The Morgan fingerprint density at radius 1 is 0.833 bits per heavy atom. The van der Waals surface area contributed by atoms with E-state index in [2.05, 4.69) is 0 Å². The fourth-order valence-corrected chi connectivity index (χ4v) is 1.35. The van der Waals surface area contributed by atoms with Crippen molar-refractivity contribution in [3.63, 3.8) is 0 Å². The Balaban J connectivity index is 0.000000352. The Morgan fingerprint density at radius 2 is 1.22 bits per heavy atom. The summed E-state index contributed by atoms with van der Waals surface area (Å²) < 4.78 is 0. The standard InChI is InChI=1S/C10H12O.C6H6.H2O/c1-9(11)7-8-10-5-3-2-4-6-10;1-2-4-6-5-3-1;/h2-6H,7-8H2,1H3;1-6H;1H2. The topological polar surface area (TPSA) is 48.6 Å². The average molecular weight is 244 g/mol. The van der Waals surface area contributed by atoms with Crippen LogP contribution in [-0.4, -0.2) is 11.3 Å². The maximum absolute atomic E-state index is 10.6. The number of rotatable bonds is 3. The molecule has 0 saturated heterocycles. The maximum Gasteiger partial charge on any atom is 0.130 e. The van der Waals surface area contributed by atoms with Gasteiger partial charge in [-0.25, -0.2) is 0 Å². The summed E-state index contributed by atoms with van der Waals surface area (Å²) in [5, 5.41) is 0. The van der Waals surface area contributed by atoms with E-state index in [0.29, 0.717) is 6.42 Å². The molecular weight excluding hydrogens is 224 g/mol. The van der Waals surface area contributed by atoms with E-state index in [-0.39, 0.29) is 11.3 Å². The molecule has 0 aliphatic heterocycles. The minimum absolute atomic E-state index is 0. The first-order valence-electron chi connectivity index (χ1n) is 5.82. The molecule has 2 N–H and O–H groups in total. The predicted octanol–water partition coefficient (Wildman–Crippen LogP) is 3.07. The zero-order valence-electron chi connectivity index (χ0n) is 10.7. The summed E-state index contributed by atoms with van der Waals surface area (Å²) in [4.78, 5) is 10.6. The lowest BCUT2D eigenvalue weighted by Gasteiger charge is -1.96. The summed E-state index contributed by atoms with van der Waals surface area (Å²) in [5.41, 5.74) is 1.24. The number of carbonyl (C=O) groups is 1. The van der Waals surface area contributed by atoms with Crippen LogP contribution in [0.15, 0.2) is 66.7 Å². The van der Waals surface area contributed by atoms with Gasteiger partial charge in [0.05, 0.1) is 0 Å². The van der Waals surface area contributed by atoms with Crippen LogP contribution in [0.2, 0.25) is 0 Å². The second-order valence-corrected chi connectivity index (χ2v) is 3.84. The van der Waals surface area contributed by atoms with Gasteiger partial charge in [0.25, 0.3) is 0 Å². The zero-order chi connectivity index (χ0) is 12.3. The van der Waals surface area contributed by atoms with Crippen LogP contribution in [-0.2, 0) is 11.2 Å². The van der Waals surface area contributed by atoms with E-state index >= 15 is 0 Å². The van der Waals surface area contributed by atoms with Crippen molar-refractivity contribution in [2.75, 3.05) is 0 Å². The van der Waals surface area contributed by atoms with E-state index in [4.69, 9.17) is 0 Å². The summed E-state index contributed by atoms with van der Waals surface area (Å²) in [7, 11) is 0. The molecule has 96 valence electrons. The predicted molar refractivity (Wildman–Crippen MR) is 75.5 cm³/mol. The molecule has 2 nitrogen and oxygen atoms in total. The van der Waals surface area contributed by atoms with Crippen molar-refractivity contribution in [3.05, 3.63) is 72.3 Å². The van der Waals surface area contributed by atoms with Gasteiger partial charge in [0.2, 0.25) is 0 Å². The molecular formula is C16H20O2. The minimum Gasteiger partial charge on any atom is -0.412 e. The quantitative estimate of drug-likeness (QED) is 0.818. The van der Waals surface area contributed by atoms with Crippen molar-refractivity contribution in [1.82, 2.24) is 0 Å². The number of hydrogen-bond acceptors (Lipinski definition) is 1. The van der Waals surface area contributed by atoms with Crippen LogP contribution in [0.5, 0.6) is 0 Å². The van der Waals surface area contributed by atoms with Crippen LogP contribution < -0.4 is 0 Å². The fourth-order valence-electron chi connectivity index (χ4n) is 1.35. The number of carbonyl (C=O) groups excluding carboxylic acids is 1. The third kappa shape index (κ3) is 8.25. The Bertz CT molecular complexity index is 383. The van der Waals surface area contributed by atoms with Crippen LogP contribution in [0.1, 0.15) is 18.9 Å². The third-order valence-electron chi connectivity index (χ3n) is 2.28. The lowest BCUT2D eigenvalue weighted by molar-refractivity contribution is -0.116. The highest BCUT2D eigenvalue weighted by molar-refractivity contribution is 5.75. The van der Waals surface area contributed by atoms with Crippen molar-refractivity contribution in [3.8, 4) is 0 Å². The Labute approximate surface area is 109 Å². The minimum atomic E-state index is 0. The van der Waals surface area contributed by atoms with Crippen molar-refractivity contribution in [1.29, 1.82) is 0 Å². The summed E-state index contributed by atoms with van der Waals surface area (Å²) in [6, 6.07) is 22.1. The Hall–Kier alpha value is -1.93. The van der Waals surface area contributed by atoms with Crippen LogP contribution >= 0.6 is 0 Å². The molecule has 0 atom stereocenters. The molecule has 18 heavy (non-hydrogen) atoms.